The largest absolute Gasteiger partial charge is 0.385 e. The number of hydrogen-bond acceptors (Lipinski definition) is 2. The highest BCUT2D eigenvalue weighted by molar-refractivity contribution is 5.91. The zero-order valence-electron chi connectivity index (χ0n) is 13.8. The summed E-state index contributed by atoms with van der Waals surface area (Å²) in [5.74, 6) is 0.736. The Morgan fingerprint density at radius 1 is 1.14 bits per heavy atom. The monoisotopic (exact) mass is 292 g/mol. The molecule has 118 valence electrons. The van der Waals surface area contributed by atoms with Gasteiger partial charge in [-0.15, -0.1) is 0 Å². The highest BCUT2D eigenvalue weighted by atomic mass is 16.5. The van der Waals surface area contributed by atoms with E-state index >= 15 is 0 Å². The van der Waals surface area contributed by atoms with Gasteiger partial charge in [0.15, 0.2) is 0 Å². The highest BCUT2D eigenvalue weighted by Crippen LogP contribution is 2.32. The Labute approximate surface area is 128 Å². The second-order valence-electron chi connectivity index (χ2n) is 5.85. The SMILES string of the molecule is COCCCNC(=O)Nc1c(C(C)C)cccc1C(C)C. The number of rotatable bonds is 7. The molecule has 2 amide bonds. The van der Waals surface area contributed by atoms with Crippen LogP contribution in [0, 0.1) is 0 Å². The van der Waals surface area contributed by atoms with Crippen LogP contribution in [0.1, 0.15) is 57.1 Å². The Hall–Kier alpha value is -1.55. The Balaban J connectivity index is 2.82. The van der Waals surface area contributed by atoms with Gasteiger partial charge in [0.1, 0.15) is 0 Å². The predicted octanol–water partition coefficient (Wildman–Crippen LogP) is 4.09. The first-order chi connectivity index (χ1) is 9.97. The molecule has 0 spiro atoms. The van der Waals surface area contributed by atoms with Crippen LogP contribution in [-0.2, 0) is 4.74 Å². The molecule has 2 N–H and O–H groups in total. The molecule has 4 nitrogen and oxygen atoms in total. The van der Waals surface area contributed by atoms with Crippen molar-refractivity contribution in [2.75, 3.05) is 25.6 Å². The number of ether oxygens (including phenoxy) is 1. The van der Waals surface area contributed by atoms with Crippen LogP contribution in [0.25, 0.3) is 0 Å². The second kappa shape index (κ2) is 8.67. The number of hydrogen-bond donors (Lipinski definition) is 2. The summed E-state index contributed by atoms with van der Waals surface area (Å²) >= 11 is 0. The maximum Gasteiger partial charge on any atom is 0.319 e. The molecule has 0 saturated heterocycles. The van der Waals surface area contributed by atoms with Crippen LogP contribution in [0.15, 0.2) is 18.2 Å². The molecule has 0 bridgehead atoms. The van der Waals surface area contributed by atoms with E-state index < -0.39 is 0 Å². The number of nitrogens with one attached hydrogen (secondary N) is 2. The molecule has 1 aromatic rings. The minimum Gasteiger partial charge on any atom is -0.385 e. The van der Waals surface area contributed by atoms with E-state index in [9.17, 15) is 4.79 Å². The summed E-state index contributed by atoms with van der Waals surface area (Å²) in [5.41, 5.74) is 3.30. The van der Waals surface area contributed by atoms with Crippen LogP contribution in [0.3, 0.4) is 0 Å². The lowest BCUT2D eigenvalue weighted by atomic mass is 9.93. The molecule has 1 rings (SSSR count). The third kappa shape index (κ3) is 5.38. The summed E-state index contributed by atoms with van der Waals surface area (Å²) in [5, 5.41) is 5.90. The quantitative estimate of drug-likeness (QED) is 0.744. The molecule has 0 aliphatic rings. The third-order valence-corrected chi connectivity index (χ3v) is 3.42. The third-order valence-electron chi connectivity index (χ3n) is 3.42. The van der Waals surface area contributed by atoms with Crippen molar-refractivity contribution in [3.63, 3.8) is 0 Å². The highest BCUT2D eigenvalue weighted by Gasteiger charge is 2.15. The molecule has 0 fully saturated rings. The van der Waals surface area contributed by atoms with Crippen molar-refractivity contribution >= 4 is 11.7 Å². The Bertz CT molecular complexity index is 430. The summed E-state index contributed by atoms with van der Waals surface area (Å²) in [6, 6.07) is 6.07. The Kier molecular flexibility index (Phi) is 7.23. The molecule has 0 atom stereocenters. The first kappa shape index (κ1) is 17.5. The molecule has 0 unspecified atom stereocenters. The summed E-state index contributed by atoms with van der Waals surface area (Å²) in [6.45, 7) is 9.82. The smallest absolute Gasteiger partial charge is 0.319 e. The van der Waals surface area contributed by atoms with Crippen LogP contribution in [0.4, 0.5) is 10.5 Å². The van der Waals surface area contributed by atoms with Gasteiger partial charge in [-0.25, -0.2) is 4.79 Å². The van der Waals surface area contributed by atoms with Gasteiger partial charge in [0.25, 0.3) is 0 Å². The number of carbonyl (C=O) groups is 1. The van der Waals surface area contributed by atoms with Crippen molar-refractivity contribution < 1.29 is 9.53 Å². The van der Waals surface area contributed by atoms with Crippen molar-refractivity contribution in [1.29, 1.82) is 0 Å². The zero-order valence-corrected chi connectivity index (χ0v) is 13.8. The zero-order chi connectivity index (χ0) is 15.8. The summed E-state index contributed by atoms with van der Waals surface area (Å²) < 4.78 is 4.97. The summed E-state index contributed by atoms with van der Waals surface area (Å²) in [7, 11) is 1.66. The Morgan fingerprint density at radius 3 is 2.19 bits per heavy atom. The van der Waals surface area contributed by atoms with E-state index in [-0.39, 0.29) is 6.03 Å². The van der Waals surface area contributed by atoms with Gasteiger partial charge in [-0.2, -0.15) is 0 Å². The molecule has 0 aromatic heterocycles. The van der Waals surface area contributed by atoms with Gasteiger partial charge in [0, 0.05) is 25.9 Å². The topological polar surface area (TPSA) is 50.4 Å². The summed E-state index contributed by atoms with van der Waals surface area (Å²) in [6.07, 6.45) is 0.812. The normalized spacial score (nSPS) is 11.0. The first-order valence-electron chi connectivity index (χ1n) is 7.64. The lowest BCUT2D eigenvalue weighted by molar-refractivity contribution is 0.194. The molecule has 0 heterocycles. The summed E-state index contributed by atoms with van der Waals surface area (Å²) in [4.78, 5) is 12.1. The Morgan fingerprint density at radius 2 is 1.71 bits per heavy atom. The van der Waals surface area contributed by atoms with Gasteiger partial charge in [-0.05, 0) is 29.4 Å². The number of methoxy groups -OCH3 is 1. The molecule has 0 aliphatic carbocycles. The number of benzene rings is 1. The molecule has 1 aromatic carbocycles. The van der Waals surface area contributed by atoms with E-state index in [0.717, 1.165) is 12.1 Å². The van der Waals surface area contributed by atoms with Crippen molar-refractivity contribution in [3.05, 3.63) is 29.3 Å². The van der Waals surface area contributed by atoms with Crippen LogP contribution < -0.4 is 10.6 Å². The number of anilines is 1. The number of urea groups is 1. The molecular weight excluding hydrogens is 264 g/mol. The minimum atomic E-state index is -0.152. The van der Waals surface area contributed by atoms with Crippen molar-refractivity contribution in [2.24, 2.45) is 0 Å². The van der Waals surface area contributed by atoms with Crippen molar-refractivity contribution in [3.8, 4) is 0 Å². The van der Waals surface area contributed by atoms with Gasteiger partial charge < -0.3 is 15.4 Å². The molecule has 21 heavy (non-hydrogen) atoms. The van der Waals surface area contributed by atoms with Gasteiger partial charge in [0.2, 0.25) is 0 Å². The van der Waals surface area contributed by atoms with E-state index in [2.05, 4.69) is 56.5 Å². The fraction of sp³-hybridized carbons (Fsp3) is 0.588. The van der Waals surface area contributed by atoms with Crippen LogP contribution in [0.5, 0.6) is 0 Å². The van der Waals surface area contributed by atoms with Crippen LogP contribution >= 0.6 is 0 Å². The maximum atomic E-state index is 12.1. The predicted molar refractivity (Wildman–Crippen MR) is 88.1 cm³/mol. The van der Waals surface area contributed by atoms with Gasteiger partial charge in [-0.1, -0.05) is 45.9 Å². The van der Waals surface area contributed by atoms with Crippen molar-refractivity contribution in [1.82, 2.24) is 5.32 Å². The first-order valence-corrected chi connectivity index (χ1v) is 7.64. The number of para-hydroxylation sites is 1. The number of amides is 2. The van der Waals surface area contributed by atoms with Crippen LogP contribution in [0.2, 0.25) is 0 Å². The molecule has 0 radical (unpaired) electrons. The average Bonchev–Trinajstić information content (AvgIpc) is 2.43. The van der Waals surface area contributed by atoms with Gasteiger partial charge in [0.05, 0.1) is 0 Å². The van der Waals surface area contributed by atoms with Crippen LogP contribution in [-0.4, -0.2) is 26.3 Å². The fourth-order valence-corrected chi connectivity index (χ4v) is 2.27. The fourth-order valence-electron chi connectivity index (χ4n) is 2.27. The van der Waals surface area contributed by atoms with E-state index in [1.54, 1.807) is 7.11 Å². The standard InChI is InChI=1S/C17H28N2O2/c1-12(2)14-8-6-9-15(13(3)4)16(14)19-17(20)18-10-7-11-21-5/h6,8-9,12-13H,7,10-11H2,1-5H3,(H2,18,19,20). The molecule has 0 saturated carbocycles. The molecule has 0 aliphatic heterocycles. The molecular formula is C17H28N2O2. The van der Waals surface area contributed by atoms with Gasteiger partial charge >= 0.3 is 6.03 Å². The van der Waals surface area contributed by atoms with E-state index in [1.165, 1.54) is 11.1 Å². The second-order valence-corrected chi connectivity index (χ2v) is 5.85. The molecule has 4 heteroatoms. The van der Waals surface area contributed by atoms with Crippen molar-refractivity contribution in [2.45, 2.75) is 46.0 Å². The maximum absolute atomic E-state index is 12.1. The lowest BCUT2D eigenvalue weighted by Crippen LogP contribution is -2.31. The lowest BCUT2D eigenvalue weighted by Gasteiger charge is -2.20. The van der Waals surface area contributed by atoms with E-state index in [1.807, 2.05) is 0 Å². The van der Waals surface area contributed by atoms with Gasteiger partial charge in [-0.3, -0.25) is 0 Å². The minimum absolute atomic E-state index is 0.152. The average molecular weight is 292 g/mol. The number of carbonyl (C=O) groups excluding carboxylic acids is 1. The van der Waals surface area contributed by atoms with E-state index in [0.29, 0.717) is 25.0 Å². The van der Waals surface area contributed by atoms with E-state index in [4.69, 9.17) is 4.74 Å².